The van der Waals surface area contributed by atoms with E-state index in [4.69, 9.17) is 4.74 Å². The lowest BCUT2D eigenvalue weighted by atomic mass is 9.83. The predicted molar refractivity (Wildman–Crippen MR) is 132 cm³/mol. The first kappa shape index (κ1) is 25.7. The van der Waals surface area contributed by atoms with Crippen molar-refractivity contribution < 1.29 is 18.7 Å². The maximum Gasteiger partial charge on any atom is 0.227 e. The van der Waals surface area contributed by atoms with Crippen LogP contribution in [0.1, 0.15) is 51.1 Å². The van der Waals surface area contributed by atoms with Crippen molar-refractivity contribution in [2.24, 2.45) is 5.92 Å². The molecule has 0 spiro atoms. The molecule has 2 aromatic carbocycles. The molecule has 0 aliphatic carbocycles. The second kappa shape index (κ2) is 12.5. The largest absolute Gasteiger partial charge is 0.497 e. The molecule has 6 nitrogen and oxygen atoms in total. The number of piperidine rings is 1. The summed E-state index contributed by atoms with van der Waals surface area (Å²) >= 11 is 0. The molecule has 0 radical (unpaired) electrons. The Balaban J connectivity index is 1.84. The van der Waals surface area contributed by atoms with Crippen molar-refractivity contribution in [2.45, 2.75) is 45.6 Å². The molecule has 1 N–H and O–H groups in total. The second-order valence-electron chi connectivity index (χ2n) is 8.74. The highest BCUT2D eigenvalue weighted by Crippen LogP contribution is 2.40. The summed E-state index contributed by atoms with van der Waals surface area (Å²) in [5, 5.41) is 3.10. The number of hydrogen-bond donors (Lipinski definition) is 1. The molecule has 1 saturated heterocycles. The number of carbonyl (C=O) groups is 2. The van der Waals surface area contributed by atoms with Gasteiger partial charge in [-0.25, -0.2) is 4.39 Å². The Hall–Kier alpha value is -2.93. The zero-order valence-electron chi connectivity index (χ0n) is 20.4. The van der Waals surface area contributed by atoms with Gasteiger partial charge in [-0.2, -0.15) is 0 Å². The summed E-state index contributed by atoms with van der Waals surface area (Å²) in [6, 6.07) is 12.8. The number of rotatable bonds is 11. The van der Waals surface area contributed by atoms with Crippen LogP contribution < -0.4 is 15.0 Å². The first-order chi connectivity index (χ1) is 16.5. The summed E-state index contributed by atoms with van der Waals surface area (Å²) < 4.78 is 18.9. The molecule has 2 aromatic rings. The van der Waals surface area contributed by atoms with Crippen LogP contribution in [0.25, 0.3) is 0 Å². The molecule has 184 valence electrons. The lowest BCUT2D eigenvalue weighted by Crippen LogP contribution is -2.49. The van der Waals surface area contributed by atoms with Crippen LogP contribution >= 0.6 is 0 Å². The number of nitrogens with one attached hydrogen (secondary N) is 1. The standard InChI is InChI=1S/C27H36FN3O3/c1-4-17-30(18-5-2)19-16-29-27(33)24-14-15-25(32)31(22-10-12-23(34-3)13-11-22)26(24)20-6-8-21(28)9-7-20/h6-13,24,26H,4-5,14-19H2,1-3H3,(H,29,33)/t24-,26+/m1/s1. The van der Waals surface area contributed by atoms with Crippen LogP contribution in [-0.2, 0) is 9.59 Å². The molecular formula is C27H36FN3O3. The van der Waals surface area contributed by atoms with E-state index in [9.17, 15) is 14.0 Å². The van der Waals surface area contributed by atoms with Crippen LogP contribution in [0.4, 0.5) is 10.1 Å². The van der Waals surface area contributed by atoms with Crippen LogP contribution in [0.5, 0.6) is 5.75 Å². The third kappa shape index (κ3) is 6.35. The number of anilines is 1. The number of halogens is 1. The van der Waals surface area contributed by atoms with Gasteiger partial charge in [-0.05, 0) is 74.3 Å². The maximum atomic E-state index is 13.7. The lowest BCUT2D eigenvalue weighted by molar-refractivity contribution is -0.129. The molecular weight excluding hydrogens is 433 g/mol. The van der Waals surface area contributed by atoms with Crippen molar-refractivity contribution in [3.63, 3.8) is 0 Å². The molecule has 7 heteroatoms. The van der Waals surface area contributed by atoms with Gasteiger partial charge in [0, 0.05) is 25.2 Å². The molecule has 1 heterocycles. The van der Waals surface area contributed by atoms with Crippen LogP contribution in [0.15, 0.2) is 48.5 Å². The van der Waals surface area contributed by atoms with Crippen molar-refractivity contribution in [1.29, 1.82) is 0 Å². The number of carbonyl (C=O) groups excluding carboxylic acids is 2. The molecule has 1 aliphatic heterocycles. The highest BCUT2D eigenvalue weighted by atomic mass is 19.1. The Labute approximate surface area is 202 Å². The average Bonchev–Trinajstić information content (AvgIpc) is 2.84. The Bertz CT molecular complexity index is 927. The Kier molecular flexibility index (Phi) is 9.45. The quantitative estimate of drug-likeness (QED) is 0.524. The van der Waals surface area contributed by atoms with E-state index in [-0.39, 0.29) is 24.1 Å². The van der Waals surface area contributed by atoms with Gasteiger partial charge in [0.1, 0.15) is 11.6 Å². The molecule has 0 aromatic heterocycles. The molecule has 34 heavy (non-hydrogen) atoms. The predicted octanol–water partition coefficient (Wildman–Crippen LogP) is 4.56. The van der Waals surface area contributed by atoms with Crippen molar-refractivity contribution in [3.05, 3.63) is 59.9 Å². The zero-order valence-corrected chi connectivity index (χ0v) is 20.4. The van der Waals surface area contributed by atoms with E-state index in [1.54, 1.807) is 36.3 Å². The van der Waals surface area contributed by atoms with E-state index in [2.05, 4.69) is 24.1 Å². The molecule has 0 bridgehead atoms. The number of nitrogens with zero attached hydrogens (tertiary/aromatic N) is 2. The van der Waals surface area contributed by atoms with E-state index >= 15 is 0 Å². The summed E-state index contributed by atoms with van der Waals surface area (Å²) in [6.45, 7) is 7.67. The molecule has 0 saturated carbocycles. The normalized spacial score (nSPS) is 18.3. The Morgan fingerprint density at radius 3 is 2.29 bits per heavy atom. The number of methoxy groups -OCH3 is 1. The van der Waals surface area contributed by atoms with Gasteiger partial charge in [0.05, 0.1) is 19.1 Å². The zero-order chi connectivity index (χ0) is 24.5. The van der Waals surface area contributed by atoms with Crippen molar-refractivity contribution in [3.8, 4) is 5.75 Å². The van der Waals surface area contributed by atoms with Crippen molar-refractivity contribution >= 4 is 17.5 Å². The number of benzene rings is 2. The summed E-state index contributed by atoms with van der Waals surface area (Å²) in [6.07, 6.45) is 2.87. The smallest absolute Gasteiger partial charge is 0.227 e. The monoisotopic (exact) mass is 469 g/mol. The maximum absolute atomic E-state index is 13.7. The second-order valence-corrected chi connectivity index (χ2v) is 8.74. The van der Waals surface area contributed by atoms with Crippen molar-refractivity contribution in [2.75, 3.05) is 38.2 Å². The Morgan fingerprint density at radius 1 is 1.06 bits per heavy atom. The van der Waals surface area contributed by atoms with E-state index in [0.29, 0.717) is 24.4 Å². The van der Waals surface area contributed by atoms with Gasteiger partial charge in [-0.3, -0.25) is 9.59 Å². The van der Waals surface area contributed by atoms with Gasteiger partial charge in [-0.15, -0.1) is 0 Å². The first-order valence-corrected chi connectivity index (χ1v) is 12.2. The highest BCUT2D eigenvalue weighted by Gasteiger charge is 2.41. The molecule has 3 rings (SSSR count). The van der Waals surface area contributed by atoms with Gasteiger partial charge in [0.2, 0.25) is 11.8 Å². The molecule has 2 amide bonds. The van der Waals surface area contributed by atoms with E-state index in [0.717, 1.165) is 38.0 Å². The number of amides is 2. The third-order valence-electron chi connectivity index (χ3n) is 6.30. The van der Waals surface area contributed by atoms with Crippen molar-refractivity contribution in [1.82, 2.24) is 10.2 Å². The van der Waals surface area contributed by atoms with Crippen LogP contribution in [0.2, 0.25) is 0 Å². The fraction of sp³-hybridized carbons (Fsp3) is 0.481. The first-order valence-electron chi connectivity index (χ1n) is 12.2. The molecule has 2 atom stereocenters. The minimum Gasteiger partial charge on any atom is -0.497 e. The summed E-state index contributed by atoms with van der Waals surface area (Å²) in [5.41, 5.74) is 1.43. The molecule has 0 unspecified atom stereocenters. The minimum atomic E-state index is -0.516. The van der Waals surface area contributed by atoms with Gasteiger partial charge < -0.3 is 19.9 Å². The summed E-state index contributed by atoms with van der Waals surface area (Å²) in [5.74, 6) is -0.232. The SMILES string of the molecule is CCCN(CCC)CCNC(=O)[C@@H]1CCC(=O)N(c2ccc(OC)cc2)[C@H]1c1ccc(F)cc1. The third-order valence-corrected chi connectivity index (χ3v) is 6.30. The van der Waals surface area contributed by atoms with E-state index in [1.807, 2.05) is 12.1 Å². The van der Waals surface area contributed by atoms with Gasteiger partial charge in [0.25, 0.3) is 0 Å². The van der Waals surface area contributed by atoms with Gasteiger partial charge in [0.15, 0.2) is 0 Å². The molecule has 1 fully saturated rings. The summed E-state index contributed by atoms with van der Waals surface area (Å²) in [7, 11) is 1.59. The van der Waals surface area contributed by atoms with Crippen LogP contribution in [0.3, 0.4) is 0 Å². The number of ether oxygens (including phenoxy) is 1. The van der Waals surface area contributed by atoms with Gasteiger partial charge >= 0.3 is 0 Å². The minimum absolute atomic E-state index is 0.0550. The fourth-order valence-electron chi connectivity index (χ4n) is 4.69. The topological polar surface area (TPSA) is 61.9 Å². The lowest BCUT2D eigenvalue weighted by Gasteiger charge is -2.41. The van der Waals surface area contributed by atoms with Gasteiger partial charge in [-0.1, -0.05) is 26.0 Å². The fourth-order valence-corrected chi connectivity index (χ4v) is 4.69. The Morgan fingerprint density at radius 2 is 1.71 bits per heavy atom. The molecule has 1 aliphatic rings. The number of hydrogen-bond acceptors (Lipinski definition) is 4. The van der Waals surface area contributed by atoms with Crippen LogP contribution in [-0.4, -0.2) is 50.0 Å². The highest BCUT2D eigenvalue weighted by molar-refractivity contribution is 5.97. The van der Waals surface area contributed by atoms with E-state index in [1.165, 1.54) is 12.1 Å². The average molecular weight is 470 g/mol. The van der Waals surface area contributed by atoms with Crippen LogP contribution in [0, 0.1) is 11.7 Å². The summed E-state index contributed by atoms with van der Waals surface area (Å²) in [4.78, 5) is 30.5. The van der Waals surface area contributed by atoms with E-state index < -0.39 is 12.0 Å².